The van der Waals surface area contributed by atoms with Crippen LogP contribution in [0.1, 0.15) is 18.6 Å². The Labute approximate surface area is 192 Å². The predicted molar refractivity (Wildman–Crippen MR) is 133 cm³/mol. The molecule has 32 heavy (non-hydrogen) atoms. The van der Waals surface area contributed by atoms with Gasteiger partial charge in [0.25, 0.3) is 8.32 Å². The molecule has 6 heteroatoms. The normalized spacial score (nSPS) is 27.4. The van der Waals surface area contributed by atoms with Crippen LogP contribution >= 0.6 is 0 Å². The van der Waals surface area contributed by atoms with Gasteiger partial charge in [-0.2, -0.15) is 0 Å². The lowest BCUT2D eigenvalue weighted by molar-refractivity contribution is -0.343. The molecule has 0 unspecified atom stereocenters. The van der Waals surface area contributed by atoms with Crippen molar-refractivity contribution in [1.29, 1.82) is 0 Å². The van der Waals surface area contributed by atoms with Crippen LogP contribution in [0.5, 0.6) is 0 Å². The molecular weight excluding hydrogens is 430 g/mol. The number of hydroxylamine groups is 2. The summed E-state index contributed by atoms with van der Waals surface area (Å²) >= 11 is 0. The predicted octanol–water partition coefficient (Wildman–Crippen LogP) is 4.66. The average Bonchev–Trinajstić information content (AvgIpc) is 3.26. The van der Waals surface area contributed by atoms with Crippen LogP contribution in [-0.2, 0) is 13.8 Å². The van der Waals surface area contributed by atoms with Crippen molar-refractivity contribution in [2.24, 2.45) is 0 Å². The summed E-state index contributed by atoms with van der Waals surface area (Å²) in [7, 11) is -4.58. The summed E-state index contributed by atoms with van der Waals surface area (Å²) in [6.45, 7) is 9.43. The number of benzene rings is 3. The van der Waals surface area contributed by atoms with E-state index in [0.717, 1.165) is 5.56 Å². The van der Waals surface area contributed by atoms with Crippen LogP contribution in [0.4, 0.5) is 0 Å². The maximum atomic E-state index is 7.37. The molecule has 0 aliphatic carbocycles. The molecule has 0 aromatic heterocycles. The summed E-state index contributed by atoms with van der Waals surface area (Å²) in [5, 5.41) is 4.38. The molecule has 0 amide bonds. The Kier molecular flexibility index (Phi) is 5.48. The first-order chi connectivity index (χ1) is 15.4. The van der Waals surface area contributed by atoms with E-state index < -0.39 is 22.2 Å². The summed E-state index contributed by atoms with van der Waals surface area (Å²) in [4.78, 5) is 6.35. The van der Waals surface area contributed by atoms with Gasteiger partial charge in [0.15, 0.2) is 0 Å². The van der Waals surface area contributed by atoms with E-state index in [1.165, 1.54) is 10.4 Å². The largest absolute Gasteiger partial charge is 0.398 e. The van der Waals surface area contributed by atoms with Crippen LogP contribution in [0.25, 0.3) is 0 Å². The van der Waals surface area contributed by atoms with Crippen LogP contribution in [0.15, 0.2) is 91.0 Å². The second-order valence-corrected chi connectivity index (χ2v) is 17.9. The van der Waals surface area contributed by atoms with E-state index in [0.29, 0.717) is 6.61 Å². The van der Waals surface area contributed by atoms with Crippen molar-refractivity contribution in [3.8, 4) is 0 Å². The fourth-order valence-corrected chi connectivity index (χ4v) is 11.1. The minimum atomic E-state index is -2.68. The lowest BCUT2D eigenvalue weighted by Gasteiger charge is -2.39. The molecule has 0 N–H and O–H groups in total. The second-order valence-electron chi connectivity index (χ2n) is 9.91. The number of hydrogen-bond acceptors (Lipinski definition) is 4. The number of fused-ring (bicyclic) bond motifs is 1. The van der Waals surface area contributed by atoms with Crippen molar-refractivity contribution in [2.45, 2.75) is 43.7 Å². The van der Waals surface area contributed by atoms with E-state index in [1.807, 2.05) is 5.23 Å². The number of hydrogen-bond donors (Lipinski definition) is 0. The molecule has 2 fully saturated rings. The van der Waals surface area contributed by atoms with Crippen molar-refractivity contribution in [3.05, 3.63) is 96.6 Å². The molecular formula is C26H31NO3Si2. The van der Waals surface area contributed by atoms with Gasteiger partial charge in [-0.25, -0.2) is 0 Å². The van der Waals surface area contributed by atoms with Gasteiger partial charge < -0.3 is 8.95 Å². The zero-order chi connectivity index (χ0) is 22.4. The highest BCUT2D eigenvalue weighted by Crippen LogP contribution is 2.58. The Morgan fingerprint density at radius 1 is 0.844 bits per heavy atom. The quantitative estimate of drug-likeness (QED) is 0.517. The van der Waals surface area contributed by atoms with Gasteiger partial charge in [-0.15, -0.1) is 0 Å². The Morgan fingerprint density at radius 3 is 1.84 bits per heavy atom. The molecule has 0 spiro atoms. The second kappa shape index (κ2) is 8.06. The average molecular weight is 462 g/mol. The van der Waals surface area contributed by atoms with E-state index in [1.54, 1.807) is 0 Å². The monoisotopic (exact) mass is 461 g/mol. The smallest absolute Gasteiger partial charge is 0.264 e. The van der Waals surface area contributed by atoms with Gasteiger partial charge in [-0.05, 0) is 42.5 Å². The highest BCUT2D eigenvalue weighted by Gasteiger charge is 2.71. The van der Waals surface area contributed by atoms with Crippen LogP contribution in [-0.4, -0.2) is 34.0 Å². The number of rotatable bonds is 5. The van der Waals surface area contributed by atoms with Crippen LogP contribution in [0.3, 0.4) is 0 Å². The molecule has 5 rings (SSSR count). The third-order valence-corrected chi connectivity index (χ3v) is 12.1. The Morgan fingerprint density at radius 2 is 1.34 bits per heavy atom. The Hall–Kier alpha value is -2.07. The summed E-state index contributed by atoms with van der Waals surface area (Å²) in [6.07, 6.45) is -0.167. The van der Waals surface area contributed by atoms with Crippen molar-refractivity contribution >= 4 is 27.0 Å². The lowest BCUT2D eigenvalue weighted by atomic mass is 9.87. The van der Waals surface area contributed by atoms with E-state index in [9.17, 15) is 0 Å². The highest BCUT2D eigenvalue weighted by atomic mass is 28.4. The molecule has 3 aromatic carbocycles. The maximum Gasteiger partial charge on any atom is 0.264 e. The van der Waals surface area contributed by atoms with E-state index in [4.69, 9.17) is 13.8 Å². The number of nitrogens with zero attached hydrogens (tertiary/aromatic N) is 1. The van der Waals surface area contributed by atoms with Crippen LogP contribution < -0.4 is 10.4 Å². The molecule has 2 aliphatic rings. The molecule has 166 valence electrons. The molecule has 4 nitrogen and oxygen atoms in total. The van der Waals surface area contributed by atoms with Gasteiger partial charge in [-0.3, -0.25) is 4.84 Å². The van der Waals surface area contributed by atoms with Crippen molar-refractivity contribution < 1.29 is 13.8 Å². The molecule has 2 aliphatic heterocycles. The zero-order valence-corrected chi connectivity index (χ0v) is 21.2. The van der Waals surface area contributed by atoms with Gasteiger partial charge in [0.2, 0.25) is 8.32 Å². The topological polar surface area (TPSA) is 30.9 Å². The van der Waals surface area contributed by atoms with E-state index in [2.05, 4.69) is 118 Å². The molecule has 0 bridgehead atoms. The minimum absolute atomic E-state index is 0.167. The first kappa shape index (κ1) is 21.8. The molecule has 0 saturated carbocycles. The summed E-state index contributed by atoms with van der Waals surface area (Å²) in [5.41, 5.74) is 0.886. The maximum absolute atomic E-state index is 7.37. The minimum Gasteiger partial charge on any atom is -0.398 e. The summed E-state index contributed by atoms with van der Waals surface area (Å²) < 4.78 is 13.9. The molecule has 0 radical (unpaired) electrons. The first-order valence-corrected chi connectivity index (χ1v) is 16.7. The van der Waals surface area contributed by atoms with Crippen LogP contribution in [0.2, 0.25) is 25.2 Å². The van der Waals surface area contributed by atoms with Crippen molar-refractivity contribution in [3.63, 3.8) is 0 Å². The summed E-state index contributed by atoms with van der Waals surface area (Å²) in [5.74, 6) is 0. The van der Waals surface area contributed by atoms with Gasteiger partial charge in [0.05, 0.1) is 12.7 Å². The third kappa shape index (κ3) is 3.42. The Balaban J connectivity index is 1.73. The van der Waals surface area contributed by atoms with Gasteiger partial charge >= 0.3 is 0 Å². The Bertz CT molecular complexity index is 1020. The SMILES string of the molecule is C[C@@]12[C@@H](c3ccccc3)O[Si](c3ccccc3)(c3ccccc3)[C@@H]1CON2O[Si](C)(C)C. The fraction of sp³-hybridized carbons (Fsp3) is 0.308. The lowest BCUT2D eigenvalue weighted by Crippen LogP contribution is -2.63. The van der Waals surface area contributed by atoms with Gasteiger partial charge in [0.1, 0.15) is 5.54 Å². The fourth-order valence-electron chi connectivity index (χ4n) is 5.26. The molecule has 2 heterocycles. The van der Waals surface area contributed by atoms with Crippen molar-refractivity contribution in [2.75, 3.05) is 6.61 Å². The van der Waals surface area contributed by atoms with Gasteiger partial charge in [0, 0.05) is 5.54 Å². The highest BCUT2D eigenvalue weighted by molar-refractivity contribution is 6.99. The van der Waals surface area contributed by atoms with Crippen LogP contribution in [0, 0.1) is 0 Å². The molecule has 3 atom stereocenters. The molecule has 2 saturated heterocycles. The molecule has 3 aromatic rings. The summed E-state index contributed by atoms with van der Waals surface area (Å²) in [6, 6.07) is 32.1. The standard InChI is InChI=1S/C26H31NO3Si2/c1-26-24(20-28-27(26)30-31(2,3)4)32(22-16-10-6-11-17-22,23-18-12-7-13-19-23)29-25(26)21-14-8-5-9-15-21/h5-19,24-25H,20H2,1-4H3/t24-,25-,26+/m1/s1. The zero-order valence-electron chi connectivity index (χ0n) is 19.2. The van der Waals surface area contributed by atoms with E-state index >= 15 is 0 Å². The third-order valence-electron chi connectivity index (χ3n) is 6.65. The van der Waals surface area contributed by atoms with E-state index in [-0.39, 0.29) is 11.6 Å². The van der Waals surface area contributed by atoms with Gasteiger partial charge in [-0.1, -0.05) is 96.2 Å². The first-order valence-electron chi connectivity index (χ1n) is 11.3. The van der Waals surface area contributed by atoms with Crippen molar-refractivity contribution in [1.82, 2.24) is 5.23 Å².